The van der Waals surface area contributed by atoms with Crippen molar-refractivity contribution in [3.8, 4) is 5.75 Å². The standard InChI is InChI=1S/C16H16O6/c1-8(17)20-15-13(19)12-10(22-16(15,2)3)6-4-9-5-7-11(18)21-14(9)12/h4-7,13,15,19H,1-3H3/t13-,15+/m0/s1. The summed E-state index contributed by atoms with van der Waals surface area (Å²) >= 11 is 0. The van der Waals surface area contributed by atoms with Gasteiger partial charge in [-0.15, -0.1) is 0 Å². The molecule has 0 bridgehead atoms. The van der Waals surface area contributed by atoms with Gasteiger partial charge < -0.3 is 19.0 Å². The fourth-order valence-corrected chi connectivity index (χ4v) is 2.76. The second-order valence-electron chi connectivity index (χ2n) is 5.83. The second kappa shape index (κ2) is 4.84. The van der Waals surface area contributed by atoms with Crippen molar-refractivity contribution in [1.29, 1.82) is 0 Å². The summed E-state index contributed by atoms with van der Waals surface area (Å²) in [6.07, 6.45) is -2.06. The topological polar surface area (TPSA) is 86.0 Å². The van der Waals surface area contributed by atoms with Gasteiger partial charge in [0.25, 0.3) is 0 Å². The maximum atomic E-state index is 11.5. The average Bonchev–Trinajstić information content (AvgIpc) is 2.42. The Morgan fingerprint density at radius 1 is 1.27 bits per heavy atom. The van der Waals surface area contributed by atoms with E-state index in [1.165, 1.54) is 13.0 Å². The van der Waals surface area contributed by atoms with Crippen molar-refractivity contribution in [2.75, 3.05) is 0 Å². The largest absolute Gasteiger partial charge is 0.483 e. The van der Waals surface area contributed by atoms with Crippen molar-refractivity contribution in [1.82, 2.24) is 0 Å². The van der Waals surface area contributed by atoms with Crippen LogP contribution in [0.15, 0.2) is 33.5 Å². The van der Waals surface area contributed by atoms with Crippen molar-refractivity contribution in [2.24, 2.45) is 0 Å². The number of aliphatic hydroxyl groups excluding tert-OH is 1. The molecule has 0 unspecified atom stereocenters. The maximum Gasteiger partial charge on any atom is 0.336 e. The van der Waals surface area contributed by atoms with E-state index in [0.717, 1.165) is 0 Å². The molecule has 0 spiro atoms. The van der Waals surface area contributed by atoms with E-state index >= 15 is 0 Å². The van der Waals surface area contributed by atoms with Gasteiger partial charge in [-0.2, -0.15) is 0 Å². The van der Waals surface area contributed by atoms with Crippen LogP contribution in [-0.4, -0.2) is 22.8 Å². The highest BCUT2D eigenvalue weighted by atomic mass is 16.6. The van der Waals surface area contributed by atoms with E-state index in [4.69, 9.17) is 13.9 Å². The van der Waals surface area contributed by atoms with E-state index in [0.29, 0.717) is 16.7 Å². The molecule has 0 radical (unpaired) electrons. The fraction of sp³-hybridized carbons (Fsp3) is 0.375. The minimum atomic E-state index is -1.16. The number of rotatable bonds is 1. The molecule has 0 aliphatic carbocycles. The van der Waals surface area contributed by atoms with Crippen molar-refractivity contribution in [3.63, 3.8) is 0 Å². The number of benzene rings is 1. The summed E-state index contributed by atoms with van der Waals surface area (Å²) in [5.41, 5.74) is -0.881. The zero-order valence-corrected chi connectivity index (χ0v) is 12.5. The zero-order chi connectivity index (χ0) is 16.1. The third kappa shape index (κ3) is 2.25. The summed E-state index contributed by atoms with van der Waals surface area (Å²) in [5.74, 6) is -0.117. The molecule has 1 aliphatic rings. The first-order valence-electron chi connectivity index (χ1n) is 6.90. The smallest absolute Gasteiger partial charge is 0.336 e. The Morgan fingerprint density at radius 3 is 2.64 bits per heavy atom. The normalized spacial score (nSPS) is 22.7. The lowest BCUT2D eigenvalue weighted by Gasteiger charge is -2.41. The number of carbonyl (C=O) groups excluding carboxylic acids is 1. The molecule has 1 aromatic heterocycles. The molecule has 2 atom stereocenters. The van der Waals surface area contributed by atoms with Crippen LogP contribution >= 0.6 is 0 Å². The molecule has 1 N–H and O–H groups in total. The number of esters is 1. The predicted molar refractivity (Wildman–Crippen MR) is 77.7 cm³/mol. The molecule has 6 nitrogen and oxygen atoms in total. The van der Waals surface area contributed by atoms with Crippen LogP contribution in [0.25, 0.3) is 11.0 Å². The lowest BCUT2D eigenvalue weighted by atomic mass is 9.87. The first-order chi connectivity index (χ1) is 10.3. The van der Waals surface area contributed by atoms with Crippen LogP contribution in [0.3, 0.4) is 0 Å². The molecule has 2 aromatic rings. The first-order valence-corrected chi connectivity index (χ1v) is 6.90. The molecular formula is C16H16O6. The van der Waals surface area contributed by atoms with E-state index in [1.807, 2.05) is 0 Å². The van der Waals surface area contributed by atoms with Crippen LogP contribution in [0.1, 0.15) is 32.4 Å². The van der Waals surface area contributed by atoms with Gasteiger partial charge in [-0.1, -0.05) is 0 Å². The van der Waals surface area contributed by atoms with E-state index in [-0.39, 0.29) is 5.58 Å². The molecule has 116 valence electrons. The Morgan fingerprint density at radius 2 is 1.95 bits per heavy atom. The zero-order valence-electron chi connectivity index (χ0n) is 12.5. The molecule has 0 saturated heterocycles. The molecule has 0 amide bonds. The van der Waals surface area contributed by atoms with Crippen LogP contribution < -0.4 is 10.4 Å². The minimum absolute atomic E-state index is 0.241. The quantitative estimate of drug-likeness (QED) is 0.640. The summed E-state index contributed by atoms with van der Waals surface area (Å²) in [4.78, 5) is 22.8. The SMILES string of the molecule is CC(=O)O[C@@H]1[C@@H](O)c2c(ccc3ccc(=O)oc23)OC1(C)C. The van der Waals surface area contributed by atoms with E-state index in [1.54, 1.807) is 32.0 Å². The maximum absolute atomic E-state index is 11.5. The fourth-order valence-electron chi connectivity index (χ4n) is 2.76. The lowest BCUT2D eigenvalue weighted by molar-refractivity contribution is -0.174. The number of hydrogen-bond donors (Lipinski definition) is 1. The van der Waals surface area contributed by atoms with Crippen molar-refractivity contribution in [2.45, 2.75) is 38.6 Å². The molecule has 3 rings (SSSR count). The molecule has 22 heavy (non-hydrogen) atoms. The van der Waals surface area contributed by atoms with E-state index < -0.39 is 29.4 Å². The van der Waals surface area contributed by atoms with Gasteiger partial charge in [-0.05, 0) is 32.0 Å². The van der Waals surface area contributed by atoms with Gasteiger partial charge >= 0.3 is 11.6 Å². The molecule has 6 heteroatoms. The van der Waals surface area contributed by atoms with Gasteiger partial charge in [-0.3, -0.25) is 4.79 Å². The number of fused-ring (bicyclic) bond motifs is 3. The van der Waals surface area contributed by atoms with Crippen LogP contribution in [0.4, 0.5) is 0 Å². The van der Waals surface area contributed by atoms with Crippen LogP contribution in [0.5, 0.6) is 5.75 Å². The summed E-state index contributed by atoms with van der Waals surface area (Å²) < 4.78 is 16.3. The average molecular weight is 304 g/mol. The molecule has 0 fully saturated rings. The van der Waals surface area contributed by atoms with Gasteiger partial charge in [0, 0.05) is 18.4 Å². The van der Waals surface area contributed by atoms with Gasteiger partial charge in [0.2, 0.25) is 0 Å². The molecule has 1 aliphatic heterocycles. The Labute approximate surface area is 126 Å². The molecule has 2 heterocycles. The van der Waals surface area contributed by atoms with Crippen LogP contribution in [-0.2, 0) is 9.53 Å². The molecular weight excluding hydrogens is 288 g/mol. The summed E-state index contributed by atoms with van der Waals surface area (Å²) in [5, 5.41) is 11.3. The monoisotopic (exact) mass is 304 g/mol. The van der Waals surface area contributed by atoms with Gasteiger partial charge in [-0.25, -0.2) is 4.79 Å². The number of carbonyl (C=O) groups is 1. The van der Waals surface area contributed by atoms with Crippen molar-refractivity contribution in [3.05, 3.63) is 40.2 Å². The van der Waals surface area contributed by atoms with Crippen molar-refractivity contribution < 1.29 is 23.8 Å². The van der Waals surface area contributed by atoms with Crippen molar-refractivity contribution >= 4 is 16.9 Å². The minimum Gasteiger partial charge on any atom is -0.483 e. The lowest BCUT2D eigenvalue weighted by Crippen LogP contribution is -2.51. The highest BCUT2D eigenvalue weighted by Gasteiger charge is 2.46. The predicted octanol–water partition coefficient (Wildman–Crippen LogP) is 1.93. The summed E-state index contributed by atoms with van der Waals surface area (Å²) in [6, 6.07) is 6.35. The van der Waals surface area contributed by atoms with Gasteiger partial charge in [0.1, 0.15) is 23.0 Å². The summed E-state index contributed by atoms with van der Waals surface area (Å²) in [6.45, 7) is 4.71. The van der Waals surface area contributed by atoms with Crippen LogP contribution in [0.2, 0.25) is 0 Å². The Bertz CT molecular complexity index is 804. The highest BCUT2D eigenvalue weighted by Crippen LogP contribution is 2.44. The van der Waals surface area contributed by atoms with E-state index in [2.05, 4.69) is 0 Å². The second-order valence-corrected chi connectivity index (χ2v) is 5.83. The highest BCUT2D eigenvalue weighted by molar-refractivity contribution is 5.83. The Balaban J connectivity index is 2.23. The first kappa shape index (κ1) is 14.6. The molecule has 1 aromatic carbocycles. The Hall–Kier alpha value is -2.34. The van der Waals surface area contributed by atoms with Gasteiger partial charge in [0.15, 0.2) is 6.10 Å². The van der Waals surface area contributed by atoms with E-state index in [9.17, 15) is 14.7 Å². The number of aliphatic hydroxyl groups is 1. The number of ether oxygens (including phenoxy) is 2. The third-order valence-electron chi connectivity index (χ3n) is 3.72. The summed E-state index contributed by atoms with van der Waals surface area (Å²) in [7, 11) is 0. The third-order valence-corrected chi connectivity index (χ3v) is 3.72. The Kier molecular flexibility index (Phi) is 3.21. The number of hydrogen-bond acceptors (Lipinski definition) is 6. The molecule has 0 saturated carbocycles. The van der Waals surface area contributed by atoms with Crippen LogP contribution in [0, 0.1) is 0 Å². The van der Waals surface area contributed by atoms with Gasteiger partial charge in [0.05, 0.1) is 5.56 Å².